The van der Waals surface area contributed by atoms with Crippen molar-refractivity contribution in [3.63, 3.8) is 0 Å². The highest BCUT2D eigenvalue weighted by Gasteiger charge is 2.31. The van der Waals surface area contributed by atoms with E-state index in [-0.39, 0.29) is 17.3 Å². The molecule has 0 bridgehead atoms. The molecule has 126 valence electrons. The molecule has 1 fully saturated rings. The molecule has 1 N–H and O–H groups in total. The minimum absolute atomic E-state index is 0.0271. The van der Waals surface area contributed by atoms with Gasteiger partial charge in [0.1, 0.15) is 0 Å². The SMILES string of the molecule is O=CN1CCN(CC(=O)Nc2cc(C(F)(F)F)ccc2Cl)CC1. The molecule has 0 unspecified atom stereocenters. The van der Waals surface area contributed by atoms with Gasteiger partial charge in [-0.25, -0.2) is 0 Å². The molecule has 0 saturated carbocycles. The van der Waals surface area contributed by atoms with Crippen LogP contribution in [0.2, 0.25) is 5.02 Å². The molecule has 1 aliphatic rings. The Balaban J connectivity index is 1.96. The Labute approximate surface area is 136 Å². The summed E-state index contributed by atoms with van der Waals surface area (Å²) in [6.07, 6.45) is -3.75. The lowest BCUT2D eigenvalue weighted by Crippen LogP contribution is -2.48. The van der Waals surface area contributed by atoms with Gasteiger partial charge >= 0.3 is 6.18 Å². The van der Waals surface area contributed by atoms with Crippen molar-refractivity contribution < 1.29 is 22.8 Å². The van der Waals surface area contributed by atoms with E-state index >= 15 is 0 Å². The van der Waals surface area contributed by atoms with E-state index in [0.717, 1.165) is 24.6 Å². The normalized spacial score (nSPS) is 16.3. The van der Waals surface area contributed by atoms with Gasteiger partial charge in [-0.1, -0.05) is 11.6 Å². The zero-order valence-corrected chi connectivity index (χ0v) is 12.8. The number of benzene rings is 1. The van der Waals surface area contributed by atoms with Gasteiger partial charge in [0.15, 0.2) is 0 Å². The van der Waals surface area contributed by atoms with Gasteiger partial charge in [0.2, 0.25) is 12.3 Å². The van der Waals surface area contributed by atoms with Gasteiger partial charge in [0, 0.05) is 26.2 Å². The molecule has 2 amide bonds. The van der Waals surface area contributed by atoms with E-state index in [1.54, 1.807) is 4.90 Å². The number of alkyl halides is 3. The third kappa shape index (κ3) is 4.84. The van der Waals surface area contributed by atoms with Gasteiger partial charge in [-0.3, -0.25) is 14.5 Å². The Morgan fingerprint density at radius 2 is 1.91 bits per heavy atom. The number of halogens is 4. The van der Waals surface area contributed by atoms with E-state index in [1.165, 1.54) is 0 Å². The number of carbonyl (C=O) groups is 2. The smallest absolute Gasteiger partial charge is 0.343 e. The third-order valence-electron chi connectivity index (χ3n) is 3.49. The number of amides is 2. The molecule has 0 atom stereocenters. The second kappa shape index (κ2) is 7.18. The Hall–Kier alpha value is -1.80. The fourth-order valence-corrected chi connectivity index (χ4v) is 2.38. The van der Waals surface area contributed by atoms with E-state index in [4.69, 9.17) is 11.6 Å². The maximum Gasteiger partial charge on any atom is 0.416 e. The Morgan fingerprint density at radius 3 is 2.48 bits per heavy atom. The fraction of sp³-hybridized carbons (Fsp3) is 0.429. The standard InChI is InChI=1S/C14H15ClF3N3O2/c15-11-2-1-10(14(16,17)18)7-12(11)19-13(23)8-20-3-5-21(9-22)6-4-20/h1-2,7,9H,3-6,8H2,(H,19,23). The van der Waals surface area contributed by atoms with E-state index in [1.807, 2.05) is 4.90 Å². The molecular weight excluding hydrogens is 335 g/mol. The van der Waals surface area contributed by atoms with Crippen molar-refractivity contribution in [1.29, 1.82) is 0 Å². The molecule has 0 spiro atoms. The summed E-state index contributed by atoms with van der Waals surface area (Å²) >= 11 is 5.83. The molecule has 1 saturated heterocycles. The minimum Gasteiger partial charge on any atom is -0.343 e. The number of anilines is 1. The van der Waals surface area contributed by atoms with Crippen LogP contribution in [0.3, 0.4) is 0 Å². The highest BCUT2D eigenvalue weighted by atomic mass is 35.5. The van der Waals surface area contributed by atoms with Crippen molar-refractivity contribution in [1.82, 2.24) is 9.80 Å². The molecule has 1 aromatic carbocycles. The Morgan fingerprint density at radius 1 is 1.26 bits per heavy atom. The maximum atomic E-state index is 12.7. The van der Waals surface area contributed by atoms with Gasteiger partial charge in [-0.2, -0.15) is 13.2 Å². The summed E-state index contributed by atoms with van der Waals surface area (Å²) < 4.78 is 38.0. The minimum atomic E-state index is -4.50. The van der Waals surface area contributed by atoms with Crippen LogP contribution in [0, 0.1) is 0 Å². The first-order valence-electron chi connectivity index (χ1n) is 6.88. The largest absolute Gasteiger partial charge is 0.416 e. The summed E-state index contributed by atoms with van der Waals surface area (Å²) in [5.74, 6) is -0.453. The van der Waals surface area contributed by atoms with Gasteiger partial charge in [0.05, 0.1) is 22.8 Å². The molecule has 0 radical (unpaired) electrons. The number of rotatable bonds is 4. The summed E-state index contributed by atoms with van der Waals surface area (Å²) in [6.45, 7) is 2.12. The van der Waals surface area contributed by atoms with Crippen LogP contribution in [0.15, 0.2) is 18.2 Å². The van der Waals surface area contributed by atoms with Gasteiger partial charge in [0.25, 0.3) is 0 Å². The average molecular weight is 350 g/mol. The second-order valence-electron chi connectivity index (χ2n) is 5.16. The lowest BCUT2D eigenvalue weighted by molar-refractivity contribution is -0.137. The molecule has 5 nitrogen and oxygen atoms in total. The Kier molecular flexibility index (Phi) is 5.48. The third-order valence-corrected chi connectivity index (χ3v) is 3.82. The maximum absolute atomic E-state index is 12.7. The summed E-state index contributed by atoms with van der Waals surface area (Å²) in [5.41, 5.74) is -0.949. The summed E-state index contributed by atoms with van der Waals surface area (Å²) in [5, 5.41) is 2.44. The van der Waals surface area contributed by atoms with Crippen molar-refractivity contribution in [3.8, 4) is 0 Å². The highest BCUT2D eigenvalue weighted by molar-refractivity contribution is 6.33. The van der Waals surface area contributed by atoms with E-state index < -0.39 is 17.6 Å². The van der Waals surface area contributed by atoms with E-state index in [9.17, 15) is 22.8 Å². The van der Waals surface area contributed by atoms with Crippen LogP contribution in [0.1, 0.15) is 5.56 Å². The summed E-state index contributed by atoms with van der Waals surface area (Å²) in [6, 6.07) is 2.77. The van der Waals surface area contributed by atoms with Crippen LogP contribution >= 0.6 is 11.6 Å². The molecule has 1 heterocycles. The molecule has 1 aromatic rings. The zero-order valence-electron chi connectivity index (χ0n) is 12.1. The van der Waals surface area contributed by atoms with E-state index in [2.05, 4.69) is 5.32 Å². The molecule has 0 aromatic heterocycles. The first kappa shape index (κ1) is 17.6. The first-order chi connectivity index (χ1) is 10.8. The number of piperazine rings is 1. The number of carbonyl (C=O) groups excluding carboxylic acids is 2. The monoisotopic (exact) mass is 349 g/mol. The quantitative estimate of drug-likeness (QED) is 0.847. The lowest BCUT2D eigenvalue weighted by atomic mass is 10.2. The molecule has 9 heteroatoms. The van der Waals surface area contributed by atoms with Gasteiger partial charge in [-0.15, -0.1) is 0 Å². The predicted octanol–water partition coefficient (Wildman–Crippen LogP) is 2.07. The van der Waals surface area contributed by atoms with Crippen LogP contribution < -0.4 is 5.32 Å². The predicted molar refractivity (Wildman–Crippen MR) is 79.2 cm³/mol. The van der Waals surface area contributed by atoms with E-state index in [0.29, 0.717) is 26.2 Å². The van der Waals surface area contributed by atoms with Gasteiger partial charge in [-0.05, 0) is 18.2 Å². The van der Waals surface area contributed by atoms with Crippen LogP contribution in [-0.2, 0) is 15.8 Å². The number of nitrogens with one attached hydrogen (secondary N) is 1. The zero-order chi connectivity index (χ0) is 17.0. The second-order valence-corrected chi connectivity index (χ2v) is 5.57. The summed E-state index contributed by atoms with van der Waals surface area (Å²) in [7, 11) is 0. The van der Waals surface area contributed by atoms with Crippen molar-refractivity contribution in [2.24, 2.45) is 0 Å². The van der Waals surface area contributed by atoms with Crippen molar-refractivity contribution in [2.75, 3.05) is 38.0 Å². The van der Waals surface area contributed by atoms with Crippen molar-refractivity contribution in [2.45, 2.75) is 6.18 Å². The molecule has 1 aliphatic heterocycles. The summed E-state index contributed by atoms with van der Waals surface area (Å²) in [4.78, 5) is 26.0. The van der Waals surface area contributed by atoms with Gasteiger partial charge < -0.3 is 10.2 Å². The van der Waals surface area contributed by atoms with Crippen LogP contribution in [0.5, 0.6) is 0 Å². The molecule has 2 rings (SSSR count). The average Bonchev–Trinajstić information content (AvgIpc) is 2.49. The van der Waals surface area contributed by atoms with Crippen LogP contribution in [0.25, 0.3) is 0 Å². The number of hydrogen-bond acceptors (Lipinski definition) is 3. The number of nitrogens with zero attached hydrogens (tertiary/aromatic N) is 2. The van der Waals surface area contributed by atoms with Crippen molar-refractivity contribution in [3.05, 3.63) is 28.8 Å². The topological polar surface area (TPSA) is 52.7 Å². The first-order valence-corrected chi connectivity index (χ1v) is 7.25. The number of hydrogen-bond donors (Lipinski definition) is 1. The Bertz CT molecular complexity index is 587. The molecule has 0 aliphatic carbocycles. The lowest BCUT2D eigenvalue weighted by Gasteiger charge is -2.31. The fourth-order valence-electron chi connectivity index (χ4n) is 2.22. The molecule has 23 heavy (non-hydrogen) atoms. The van der Waals surface area contributed by atoms with Crippen LogP contribution in [-0.4, -0.2) is 54.8 Å². The van der Waals surface area contributed by atoms with Crippen molar-refractivity contribution >= 4 is 29.6 Å². The molecular formula is C14H15ClF3N3O2. The van der Waals surface area contributed by atoms with Crippen LogP contribution in [0.4, 0.5) is 18.9 Å². The highest BCUT2D eigenvalue weighted by Crippen LogP contribution is 2.33.